The first-order chi connectivity index (χ1) is 8.11. The van der Waals surface area contributed by atoms with Gasteiger partial charge in [0.2, 0.25) is 0 Å². The Morgan fingerprint density at radius 2 is 2.12 bits per heavy atom. The minimum Gasteiger partial charge on any atom is -0.465 e. The van der Waals surface area contributed by atoms with Gasteiger partial charge in [-0.2, -0.15) is 0 Å². The summed E-state index contributed by atoms with van der Waals surface area (Å²) in [5, 5.41) is 0. The van der Waals surface area contributed by atoms with E-state index in [2.05, 4.69) is 19.9 Å². The van der Waals surface area contributed by atoms with Gasteiger partial charge in [-0.05, 0) is 55.9 Å². The number of hydrogen-bond donors (Lipinski definition) is 0. The summed E-state index contributed by atoms with van der Waals surface area (Å²) in [4.78, 5) is 11.5. The standard InChI is InChI=1S/C15H18O2/c1-10-4-5-13(15(16)17-3)9-14(10)8-11(2)12-6-7-12/h4-5,8-9,12H,6-7H2,1-3H3/b11-8+. The third kappa shape index (κ3) is 2.76. The zero-order valence-electron chi connectivity index (χ0n) is 10.6. The van der Waals surface area contributed by atoms with E-state index in [1.165, 1.54) is 31.1 Å². The van der Waals surface area contributed by atoms with Crippen LogP contribution in [0, 0.1) is 12.8 Å². The average Bonchev–Trinajstić information content (AvgIpc) is 3.14. The van der Waals surface area contributed by atoms with Gasteiger partial charge < -0.3 is 4.74 Å². The second kappa shape index (κ2) is 4.74. The number of carbonyl (C=O) groups excluding carboxylic acids is 1. The maximum atomic E-state index is 11.5. The summed E-state index contributed by atoms with van der Waals surface area (Å²) in [6.07, 6.45) is 4.80. The molecule has 0 unspecified atom stereocenters. The van der Waals surface area contributed by atoms with Crippen molar-refractivity contribution in [3.63, 3.8) is 0 Å². The molecule has 1 fully saturated rings. The molecule has 2 rings (SSSR count). The molecule has 17 heavy (non-hydrogen) atoms. The maximum absolute atomic E-state index is 11.5. The van der Waals surface area contributed by atoms with Crippen molar-refractivity contribution in [2.75, 3.05) is 7.11 Å². The van der Waals surface area contributed by atoms with E-state index < -0.39 is 0 Å². The summed E-state index contributed by atoms with van der Waals surface area (Å²) in [5.74, 6) is 0.486. The molecular weight excluding hydrogens is 212 g/mol. The summed E-state index contributed by atoms with van der Waals surface area (Å²) >= 11 is 0. The third-order valence-electron chi connectivity index (χ3n) is 3.30. The molecule has 1 aliphatic carbocycles. The summed E-state index contributed by atoms with van der Waals surface area (Å²) < 4.78 is 4.74. The molecule has 1 aliphatic rings. The number of allylic oxidation sites excluding steroid dienone is 1. The minimum absolute atomic E-state index is 0.274. The maximum Gasteiger partial charge on any atom is 0.337 e. The van der Waals surface area contributed by atoms with Crippen molar-refractivity contribution < 1.29 is 9.53 Å². The molecular formula is C15H18O2. The predicted molar refractivity (Wildman–Crippen MR) is 68.9 cm³/mol. The highest BCUT2D eigenvalue weighted by molar-refractivity contribution is 5.90. The Bertz CT molecular complexity index is 468. The molecule has 0 spiro atoms. The second-order valence-corrected chi connectivity index (χ2v) is 4.73. The predicted octanol–water partition coefficient (Wildman–Crippen LogP) is 3.59. The Kier molecular flexibility index (Phi) is 3.32. The fourth-order valence-corrected chi connectivity index (χ4v) is 1.94. The highest BCUT2D eigenvalue weighted by atomic mass is 16.5. The first-order valence-electron chi connectivity index (χ1n) is 5.99. The van der Waals surface area contributed by atoms with Gasteiger partial charge in [0.05, 0.1) is 12.7 Å². The van der Waals surface area contributed by atoms with Crippen molar-refractivity contribution in [2.45, 2.75) is 26.7 Å². The summed E-state index contributed by atoms with van der Waals surface area (Å²) in [7, 11) is 1.41. The number of aryl methyl sites for hydroxylation is 1. The van der Waals surface area contributed by atoms with E-state index in [9.17, 15) is 4.79 Å². The van der Waals surface area contributed by atoms with Crippen LogP contribution >= 0.6 is 0 Å². The molecule has 0 aromatic heterocycles. The van der Waals surface area contributed by atoms with E-state index >= 15 is 0 Å². The molecule has 2 nitrogen and oxygen atoms in total. The van der Waals surface area contributed by atoms with E-state index in [1.807, 2.05) is 18.2 Å². The van der Waals surface area contributed by atoms with Crippen LogP contribution in [-0.4, -0.2) is 13.1 Å². The fraction of sp³-hybridized carbons (Fsp3) is 0.400. The van der Waals surface area contributed by atoms with Gasteiger partial charge in [-0.3, -0.25) is 0 Å². The lowest BCUT2D eigenvalue weighted by atomic mass is 10.0. The normalized spacial score (nSPS) is 15.8. The molecule has 0 amide bonds. The number of hydrogen-bond acceptors (Lipinski definition) is 2. The van der Waals surface area contributed by atoms with Crippen LogP contribution in [0.4, 0.5) is 0 Å². The SMILES string of the molecule is COC(=O)c1ccc(C)c(/C=C(\C)C2CC2)c1. The van der Waals surface area contributed by atoms with Crippen molar-refractivity contribution >= 4 is 12.0 Å². The van der Waals surface area contributed by atoms with Crippen LogP contribution < -0.4 is 0 Å². The van der Waals surface area contributed by atoms with Crippen LogP contribution in [0.15, 0.2) is 23.8 Å². The molecule has 0 heterocycles. The number of benzene rings is 1. The lowest BCUT2D eigenvalue weighted by Gasteiger charge is -2.06. The smallest absolute Gasteiger partial charge is 0.337 e. The average molecular weight is 230 g/mol. The topological polar surface area (TPSA) is 26.3 Å². The summed E-state index contributed by atoms with van der Waals surface area (Å²) in [6.45, 7) is 4.23. The van der Waals surface area contributed by atoms with Crippen LogP contribution in [0.3, 0.4) is 0 Å². The zero-order chi connectivity index (χ0) is 12.4. The lowest BCUT2D eigenvalue weighted by molar-refractivity contribution is 0.0600. The number of ether oxygens (including phenoxy) is 1. The van der Waals surface area contributed by atoms with Crippen molar-refractivity contribution in [1.82, 2.24) is 0 Å². The molecule has 2 heteroatoms. The van der Waals surface area contributed by atoms with Crippen LogP contribution in [0.5, 0.6) is 0 Å². The molecule has 1 saturated carbocycles. The molecule has 0 bridgehead atoms. The second-order valence-electron chi connectivity index (χ2n) is 4.73. The molecule has 0 radical (unpaired) electrons. The van der Waals surface area contributed by atoms with Gasteiger partial charge in [-0.1, -0.05) is 17.7 Å². The van der Waals surface area contributed by atoms with Crippen LogP contribution in [0.1, 0.15) is 41.3 Å². The van der Waals surface area contributed by atoms with Crippen molar-refractivity contribution in [3.05, 3.63) is 40.5 Å². The monoisotopic (exact) mass is 230 g/mol. The first-order valence-corrected chi connectivity index (χ1v) is 5.99. The summed E-state index contributed by atoms with van der Waals surface area (Å²) in [6, 6.07) is 5.69. The largest absolute Gasteiger partial charge is 0.465 e. The quantitative estimate of drug-likeness (QED) is 0.742. The lowest BCUT2D eigenvalue weighted by Crippen LogP contribution is -2.01. The Morgan fingerprint density at radius 1 is 1.41 bits per heavy atom. The van der Waals surface area contributed by atoms with Crippen molar-refractivity contribution in [1.29, 1.82) is 0 Å². The third-order valence-corrected chi connectivity index (χ3v) is 3.30. The molecule has 0 atom stereocenters. The van der Waals surface area contributed by atoms with E-state index in [0.29, 0.717) is 5.56 Å². The molecule has 90 valence electrons. The van der Waals surface area contributed by atoms with Gasteiger partial charge >= 0.3 is 5.97 Å². The number of esters is 1. The van der Waals surface area contributed by atoms with Crippen molar-refractivity contribution in [3.8, 4) is 0 Å². The number of rotatable bonds is 3. The molecule has 0 saturated heterocycles. The number of carbonyl (C=O) groups is 1. The van der Waals surface area contributed by atoms with E-state index in [4.69, 9.17) is 4.74 Å². The van der Waals surface area contributed by atoms with Gasteiger partial charge in [0.25, 0.3) is 0 Å². The van der Waals surface area contributed by atoms with E-state index in [1.54, 1.807) is 0 Å². The van der Waals surface area contributed by atoms with E-state index in [0.717, 1.165) is 11.5 Å². The molecule has 0 N–H and O–H groups in total. The highest BCUT2D eigenvalue weighted by Crippen LogP contribution is 2.37. The first kappa shape index (κ1) is 11.9. The van der Waals surface area contributed by atoms with Crippen LogP contribution in [0.2, 0.25) is 0 Å². The van der Waals surface area contributed by atoms with Gasteiger partial charge in [-0.15, -0.1) is 0 Å². The Hall–Kier alpha value is -1.57. The van der Waals surface area contributed by atoms with Gasteiger partial charge in [0.15, 0.2) is 0 Å². The Balaban J connectivity index is 2.32. The van der Waals surface area contributed by atoms with Crippen LogP contribution in [-0.2, 0) is 4.74 Å². The fourth-order valence-electron chi connectivity index (χ4n) is 1.94. The molecule has 0 aliphatic heterocycles. The van der Waals surface area contributed by atoms with E-state index in [-0.39, 0.29) is 5.97 Å². The number of methoxy groups -OCH3 is 1. The Morgan fingerprint density at radius 3 is 2.71 bits per heavy atom. The molecule has 1 aromatic carbocycles. The summed E-state index contributed by atoms with van der Waals surface area (Å²) in [5.41, 5.74) is 4.35. The Labute approximate surface area is 102 Å². The van der Waals surface area contributed by atoms with Crippen LogP contribution in [0.25, 0.3) is 6.08 Å². The highest BCUT2D eigenvalue weighted by Gasteiger charge is 2.22. The van der Waals surface area contributed by atoms with Crippen molar-refractivity contribution in [2.24, 2.45) is 5.92 Å². The zero-order valence-corrected chi connectivity index (χ0v) is 10.6. The molecule has 1 aromatic rings. The van der Waals surface area contributed by atoms with Gasteiger partial charge in [0.1, 0.15) is 0 Å². The minimum atomic E-state index is -0.274. The van der Waals surface area contributed by atoms with Gasteiger partial charge in [-0.25, -0.2) is 4.79 Å². The van der Waals surface area contributed by atoms with Gasteiger partial charge in [0, 0.05) is 0 Å².